The highest BCUT2D eigenvalue weighted by Crippen LogP contribution is 2.37. The zero-order valence-corrected chi connectivity index (χ0v) is 27.3. The minimum atomic E-state index is -0.633. The molecule has 3 aromatic rings. The molecule has 1 heterocycles. The van der Waals surface area contributed by atoms with Crippen LogP contribution in [-0.4, -0.2) is 43.5 Å². The predicted molar refractivity (Wildman–Crippen MR) is 175 cm³/mol. The summed E-state index contributed by atoms with van der Waals surface area (Å²) in [5.74, 6) is 0.431. The van der Waals surface area contributed by atoms with E-state index in [9.17, 15) is 9.59 Å². The summed E-state index contributed by atoms with van der Waals surface area (Å²) >= 11 is 14.8. The molecule has 44 heavy (non-hydrogen) atoms. The molecule has 0 unspecified atom stereocenters. The van der Waals surface area contributed by atoms with Crippen LogP contribution in [0.3, 0.4) is 0 Å². The number of thiocarbonyl (C=S) groups is 1. The van der Waals surface area contributed by atoms with Gasteiger partial charge >= 0.3 is 5.97 Å². The standard InChI is InChI=1S/C31H30BrClN4O6S/c1-4-41-30(39)27-18(2)35-31(44)36-28(27)22-7-5-6-8-24(22)42-17-26(38)37-34-15-20-13-23(32)29(25(14-20)40-3)43-16-19-9-11-21(33)12-10-19/h5-15,28H,4,16-17H2,1-3H3,(H,37,38)(H2,35,36,44)/t28-/m0/s1. The zero-order valence-electron chi connectivity index (χ0n) is 24.1. The Bertz CT molecular complexity index is 1600. The number of benzene rings is 3. The van der Waals surface area contributed by atoms with Crippen molar-refractivity contribution in [2.75, 3.05) is 20.3 Å². The Morgan fingerprint density at radius 1 is 1.11 bits per heavy atom. The van der Waals surface area contributed by atoms with Crippen molar-refractivity contribution in [3.63, 3.8) is 0 Å². The van der Waals surface area contributed by atoms with Crippen molar-refractivity contribution in [3.8, 4) is 17.2 Å². The van der Waals surface area contributed by atoms with Crippen LogP contribution in [0.4, 0.5) is 0 Å². The van der Waals surface area contributed by atoms with Crippen molar-refractivity contribution in [1.82, 2.24) is 16.1 Å². The van der Waals surface area contributed by atoms with Gasteiger partial charge < -0.3 is 29.6 Å². The van der Waals surface area contributed by atoms with Crippen LogP contribution < -0.4 is 30.3 Å². The first-order valence-electron chi connectivity index (χ1n) is 13.4. The number of carbonyl (C=O) groups is 2. The lowest BCUT2D eigenvalue weighted by atomic mass is 9.95. The first-order chi connectivity index (χ1) is 21.2. The topological polar surface area (TPSA) is 120 Å². The Morgan fingerprint density at radius 2 is 1.86 bits per heavy atom. The molecular formula is C31H30BrClN4O6S. The van der Waals surface area contributed by atoms with Gasteiger partial charge in [0, 0.05) is 16.3 Å². The number of hydrazone groups is 1. The molecule has 1 amide bonds. The number of carbonyl (C=O) groups excluding carboxylic acids is 2. The van der Waals surface area contributed by atoms with E-state index in [4.69, 9.17) is 42.8 Å². The number of nitrogens with one attached hydrogen (secondary N) is 3. The third-order valence-electron chi connectivity index (χ3n) is 6.30. The lowest BCUT2D eigenvalue weighted by Gasteiger charge is -2.30. The Hall–Kier alpha value is -4.13. The molecule has 1 aliphatic heterocycles. The van der Waals surface area contributed by atoms with E-state index in [-0.39, 0.29) is 13.2 Å². The molecule has 3 N–H and O–H groups in total. The van der Waals surface area contributed by atoms with Crippen LogP contribution in [0.5, 0.6) is 17.2 Å². The molecule has 0 saturated carbocycles. The molecule has 1 aliphatic rings. The van der Waals surface area contributed by atoms with E-state index < -0.39 is 17.9 Å². The van der Waals surface area contributed by atoms with Gasteiger partial charge in [-0.25, -0.2) is 10.2 Å². The van der Waals surface area contributed by atoms with Crippen molar-refractivity contribution >= 4 is 63.0 Å². The Labute approximate surface area is 273 Å². The van der Waals surface area contributed by atoms with E-state index in [1.807, 2.05) is 12.1 Å². The monoisotopic (exact) mass is 700 g/mol. The quantitative estimate of drug-likeness (QED) is 0.0964. The van der Waals surface area contributed by atoms with E-state index in [2.05, 4.69) is 37.1 Å². The summed E-state index contributed by atoms with van der Waals surface area (Å²) in [5.41, 5.74) is 5.62. The van der Waals surface area contributed by atoms with E-state index >= 15 is 0 Å². The van der Waals surface area contributed by atoms with E-state index in [0.29, 0.717) is 60.9 Å². The van der Waals surface area contributed by atoms with Crippen molar-refractivity contribution in [3.05, 3.63) is 98.1 Å². The third-order valence-corrected chi connectivity index (χ3v) is 7.37. The molecule has 13 heteroatoms. The van der Waals surface area contributed by atoms with Gasteiger partial charge in [0.15, 0.2) is 23.2 Å². The van der Waals surface area contributed by atoms with E-state index in [1.54, 1.807) is 62.4 Å². The van der Waals surface area contributed by atoms with Gasteiger partial charge in [-0.3, -0.25) is 4.79 Å². The van der Waals surface area contributed by atoms with Crippen LogP contribution in [-0.2, 0) is 20.9 Å². The number of nitrogens with zero attached hydrogens (tertiary/aromatic N) is 1. The average Bonchev–Trinajstić information content (AvgIpc) is 3.00. The van der Waals surface area contributed by atoms with Gasteiger partial charge in [-0.1, -0.05) is 41.9 Å². The second-order valence-electron chi connectivity index (χ2n) is 9.36. The number of amides is 1. The van der Waals surface area contributed by atoms with Crippen LogP contribution in [0, 0.1) is 0 Å². The fourth-order valence-corrected chi connectivity index (χ4v) is 5.27. The van der Waals surface area contributed by atoms with Gasteiger partial charge in [0.25, 0.3) is 5.91 Å². The Morgan fingerprint density at radius 3 is 2.59 bits per heavy atom. The second kappa shape index (κ2) is 15.6. The Kier molecular flexibility index (Phi) is 11.6. The number of methoxy groups -OCH3 is 1. The fourth-order valence-electron chi connectivity index (χ4n) is 4.30. The van der Waals surface area contributed by atoms with E-state index in [0.717, 1.165) is 5.56 Å². The SMILES string of the molecule is CCOC(=O)C1=C(C)NC(=S)N[C@H]1c1ccccc1OCC(=O)NN=Cc1cc(Br)c(OCc2ccc(Cl)cc2)c(OC)c1. The highest BCUT2D eigenvalue weighted by molar-refractivity contribution is 9.10. The summed E-state index contributed by atoms with van der Waals surface area (Å²) in [6, 6.07) is 17.3. The normalized spacial score (nSPS) is 14.5. The molecule has 0 radical (unpaired) electrons. The van der Waals surface area contributed by atoms with Crippen LogP contribution >= 0.6 is 39.7 Å². The maximum Gasteiger partial charge on any atom is 0.338 e. The molecule has 0 aromatic heterocycles. The van der Waals surface area contributed by atoms with Crippen molar-refractivity contribution in [2.24, 2.45) is 5.10 Å². The third kappa shape index (κ3) is 8.49. The number of halogens is 2. The number of rotatable bonds is 12. The van der Waals surface area contributed by atoms with Crippen LogP contribution in [0.15, 0.2) is 81.5 Å². The summed E-state index contributed by atoms with van der Waals surface area (Å²) in [6.07, 6.45) is 1.47. The van der Waals surface area contributed by atoms with Crippen LogP contribution in [0.25, 0.3) is 0 Å². The number of allylic oxidation sites excluding steroid dienone is 1. The highest BCUT2D eigenvalue weighted by Gasteiger charge is 2.32. The minimum Gasteiger partial charge on any atom is -0.493 e. The summed E-state index contributed by atoms with van der Waals surface area (Å²) in [6.45, 7) is 3.69. The number of hydrogen-bond acceptors (Lipinski definition) is 8. The van der Waals surface area contributed by atoms with Gasteiger partial charge in [0.1, 0.15) is 12.4 Å². The molecule has 0 saturated heterocycles. The molecule has 0 aliphatic carbocycles. The smallest absolute Gasteiger partial charge is 0.338 e. The van der Waals surface area contributed by atoms with Crippen molar-refractivity contribution < 1.29 is 28.5 Å². The molecule has 3 aromatic carbocycles. The minimum absolute atomic E-state index is 0.220. The molecule has 4 rings (SSSR count). The van der Waals surface area contributed by atoms with Crippen molar-refractivity contribution in [1.29, 1.82) is 0 Å². The Balaban J connectivity index is 1.39. The first-order valence-corrected chi connectivity index (χ1v) is 15.0. The molecule has 0 spiro atoms. The van der Waals surface area contributed by atoms with Crippen LogP contribution in [0.2, 0.25) is 5.02 Å². The average molecular weight is 702 g/mol. The largest absolute Gasteiger partial charge is 0.493 e. The van der Waals surface area contributed by atoms with E-state index in [1.165, 1.54) is 13.3 Å². The van der Waals surface area contributed by atoms with Gasteiger partial charge in [-0.2, -0.15) is 5.10 Å². The van der Waals surface area contributed by atoms with Gasteiger partial charge in [0.05, 0.1) is 36.0 Å². The molecule has 10 nitrogen and oxygen atoms in total. The first kappa shape index (κ1) is 32.8. The lowest BCUT2D eigenvalue weighted by Crippen LogP contribution is -2.45. The van der Waals surface area contributed by atoms with Gasteiger partial charge in [-0.05, 0) is 83.5 Å². The van der Waals surface area contributed by atoms with Crippen molar-refractivity contribution in [2.45, 2.75) is 26.5 Å². The maximum absolute atomic E-state index is 12.7. The number of ether oxygens (including phenoxy) is 4. The summed E-state index contributed by atoms with van der Waals surface area (Å²) < 4.78 is 23.2. The van der Waals surface area contributed by atoms with Crippen LogP contribution in [0.1, 0.15) is 36.6 Å². The second-order valence-corrected chi connectivity index (χ2v) is 11.1. The fraction of sp³-hybridized carbons (Fsp3) is 0.226. The molecule has 1 atom stereocenters. The number of para-hydroxylation sites is 1. The van der Waals surface area contributed by atoms with Gasteiger partial charge in [-0.15, -0.1) is 0 Å². The predicted octanol–water partition coefficient (Wildman–Crippen LogP) is 5.58. The van der Waals surface area contributed by atoms with Gasteiger partial charge in [0.2, 0.25) is 0 Å². The summed E-state index contributed by atoms with van der Waals surface area (Å²) in [7, 11) is 1.54. The maximum atomic E-state index is 12.7. The summed E-state index contributed by atoms with van der Waals surface area (Å²) in [5, 5.41) is 11.1. The lowest BCUT2D eigenvalue weighted by molar-refractivity contribution is -0.139. The summed E-state index contributed by atoms with van der Waals surface area (Å²) in [4.78, 5) is 25.3. The molecule has 0 bridgehead atoms. The number of esters is 1. The number of hydrogen-bond donors (Lipinski definition) is 3. The molecular weight excluding hydrogens is 672 g/mol. The highest BCUT2D eigenvalue weighted by atomic mass is 79.9. The zero-order chi connectivity index (χ0) is 31.6. The molecule has 230 valence electrons. The molecule has 0 fully saturated rings.